The predicted octanol–water partition coefficient (Wildman–Crippen LogP) is 3.83. The van der Waals surface area contributed by atoms with Gasteiger partial charge in [-0.3, -0.25) is 0 Å². The number of allylic oxidation sites excluding steroid dienone is 1. The summed E-state index contributed by atoms with van der Waals surface area (Å²) in [6, 6.07) is 0. The fourth-order valence-electron chi connectivity index (χ4n) is 0.894. The zero-order valence-corrected chi connectivity index (χ0v) is 8.13. The van der Waals surface area contributed by atoms with E-state index in [1.54, 1.807) is 0 Å². The van der Waals surface area contributed by atoms with Crippen LogP contribution in [0.25, 0.3) is 0 Å². The Balaban J connectivity index is 3.25. The quantitative estimate of drug-likeness (QED) is 0.586. The molecule has 0 aliphatic carbocycles. The molecular formula is C9H18S. The Hall–Kier alpha value is 0.0900. The van der Waals surface area contributed by atoms with Gasteiger partial charge >= 0.3 is 0 Å². The van der Waals surface area contributed by atoms with E-state index in [1.807, 2.05) is 11.8 Å². The highest BCUT2D eigenvalue weighted by atomic mass is 32.2. The summed E-state index contributed by atoms with van der Waals surface area (Å²) >= 11 is 1.90. The minimum absolute atomic E-state index is 0.762. The standard InChI is InChI=1S/C9H18S/c1-5-6-7-9(4)10-8(2)3/h9H,2,5-7H2,1,3-4H3. The Morgan fingerprint density at radius 3 is 2.60 bits per heavy atom. The van der Waals surface area contributed by atoms with Gasteiger partial charge in [-0.1, -0.05) is 33.3 Å². The van der Waals surface area contributed by atoms with Crippen molar-refractivity contribution in [3.8, 4) is 0 Å². The molecule has 1 heteroatoms. The summed E-state index contributed by atoms with van der Waals surface area (Å²) in [4.78, 5) is 1.24. The van der Waals surface area contributed by atoms with E-state index < -0.39 is 0 Å². The second-order valence-corrected chi connectivity index (χ2v) is 4.51. The van der Waals surface area contributed by atoms with Crippen molar-refractivity contribution in [2.24, 2.45) is 0 Å². The van der Waals surface area contributed by atoms with Crippen LogP contribution < -0.4 is 0 Å². The lowest BCUT2D eigenvalue weighted by Crippen LogP contribution is -1.94. The minimum Gasteiger partial charge on any atom is -0.128 e. The molecule has 0 nitrogen and oxygen atoms in total. The van der Waals surface area contributed by atoms with Gasteiger partial charge in [-0.05, 0) is 18.2 Å². The van der Waals surface area contributed by atoms with Crippen LogP contribution in [0.4, 0.5) is 0 Å². The van der Waals surface area contributed by atoms with Crippen LogP contribution in [0.1, 0.15) is 40.0 Å². The van der Waals surface area contributed by atoms with Crippen molar-refractivity contribution in [2.45, 2.75) is 45.3 Å². The summed E-state index contributed by atoms with van der Waals surface area (Å²) in [5.41, 5.74) is 0. The smallest absolute Gasteiger partial charge is 0.00625 e. The number of rotatable bonds is 5. The first kappa shape index (κ1) is 10.1. The summed E-state index contributed by atoms with van der Waals surface area (Å²) in [6.07, 6.45) is 3.98. The minimum atomic E-state index is 0.762. The molecule has 0 aromatic rings. The summed E-state index contributed by atoms with van der Waals surface area (Å²) in [6.45, 7) is 10.4. The van der Waals surface area contributed by atoms with E-state index in [0.717, 1.165) is 5.25 Å². The molecule has 0 saturated heterocycles. The third-order valence-electron chi connectivity index (χ3n) is 1.37. The number of thioether (sulfide) groups is 1. The van der Waals surface area contributed by atoms with Gasteiger partial charge in [0.05, 0.1) is 0 Å². The lowest BCUT2D eigenvalue weighted by atomic mass is 10.2. The lowest BCUT2D eigenvalue weighted by Gasteiger charge is -2.08. The Bertz CT molecular complexity index is 96.9. The van der Waals surface area contributed by atoms with Crippen LogP contribution in [0.15, 0.2) is 11.5 Å². The fraction of sp³-hybridized carbons (Fsp3) is 0.778. The van der Waals surface area contributed by atoms with Gasteiger partial charge < -0.3 is 0 Å². The normalized spacial score (nSPS) is 13.1. The van der Waals surface area contributed by atoms with Crippen LogP contribution in [-0.2, 0) is 0 Å². The molecule has 0 aliphatic rings. The van der Waals surface area contributed by atoms with Crippen molar-refractivity contribution in [1.82, 2.24) is 0 Å². The van der Waals surface area contributed by atoms with Crippen molar-refractivity contribution in [3.63, 3.8) is 0 Å². The van der Waals surface area contributed by atoms with Crippen LogP contribution in [-0.4, -0.2) is 5.25 Å². The van der Waals surface area contributed by atoms with Gasteiger partial charge in [0.25, 0.3) is 0 Å². The third-order valence-corrected chi connectivity index (χ3v) is 2.41. The molecule has 0 aromatic heterocycles. The van der Waals surface area contributed by atoms with E-state index in [2.05, 4.69) is 27.4 Å². The van der Waals surface area contributed by atoms with E-state index in [9.17, 15) is 0 Å². The van der Waals surface area contributed by atoms with E-state index >= 15 is 0 Å². The first-order valence-corrected chi connectivity index (χ1v) is 4.87. The largest absolute Gasteiger partial charge is 0.128 e. The molecule has 0 amide bonds. The maximum atomic E-state index is 3.87. The van der Waals surface area contributed by atoms with Crippen LogP contribution >= 0.6 is 11.8 Å². The van der Waals surface area contributed by atoms with Gasteiger partial charge in [-0.15, -0.1) is 11.8 Å². The van der Waals surface area contributed by atoms with Gasteiger partial charge in [0, 0.05) is 5.25 Å². The number of hydrogen-bond donors (Lipinski definition) is 0. The van der Waals surface area contributed by atoms with Crippen molar-refractivity contribution in [2.75, 3.05) is 0 Å². The monoisotopic (exact) mass is 158 g/mol. The van der Waals surface area contributed by atoms with E-state index in [0.29, 0.717) is 0 Å². The van der Waals surface area contributed by atoms with Crippen molar-refractivity contribution in [1.29, 1.82) is 0 Å². The predicted molar refractivity (Wildman–Crippen MR) is 51.4 cm³/mol. The Morgan fingerprint density at radius 1 is 1.60 bits per heavy atom. The molecule has 0 rings (SSSR count). The summed E-state index contributed by atoms with van der Waals surface area (Å²) in [7, 11) is 0. The molecule has 0 heterocycles. The highest BCUT2D eigenvalue weighted by Crippen LogP contribution is 2.22. The Morgan fingerprint density at radius 2 is 2.20 bits per heavy atom. The molecule has 1 unspecified atom stereocenters. The maximum absolute atomic E-state index is 3.87. The first-order valence-electron chi connectivity index (χ1n) is 3.99. The maximum Gasteiger partial charge on any atom is 0.00625 e. The zero-order valence-electron chi connectivity index (χ0n) is 7.31. The summed E-state index contributed by atoms with van der Waals surface area (Å²) < 4.78 is 0. The molecule has 1 atom stereocenters. The van der Waals surface area contributed by atoms with E-state index in [4.69, 9.17) is 0 Å². The molecule has 0 aromatic carbocycles. The van der Waals surface area contributed by atoms with Crippen molar-refractivity contribution >= 4 is 11.8 Å². The molecule has 0 bridgehead atoms. The van der Waals surface area contributed by atoms with E-state index in [-0.39, 0.29) is 0 Å². The van der Waals surface area contributed by atoms with Gasteiger partial charge in [0.15, 0.2) is 0 Å². The molecule has 0 fully saturated rings. The number of hydrogen-bond acceptors (Lipinski definition) is 1. The van der Waals surface area contributed by atoms with E-state index in [1.165, 1.54) is 24.2 Å². The zero-order chi connectivity index (χ0) is 7.98. The highest BCUT2D eigenvalue weighted by molar-refractivity contribution is 8.03. The van der Waals surface area contributed by atoms with Gasteiger partial charge in [0.1, 0.15) is 0 Å². The molecule has 0 spiro atoms. The molecule has 10 heavy (non-hydrogen) atoms. The highest BCUT2D eigenvalue weighted by Gasteiger charge is 2.00. The van der Waals surface area contributed by atoms with Crippen molar-refractivity contribution < 1.29 is 0 Å². The van der Waals surface area contributed by atoms with Crippen molar-refractivity contribution in [3.05, 3.63) is 11.5 Å². The molecule has 0 N–H and O–H groups in total. The summed E-state index contributed by atoms with van der Waals surface area (Å²) in [5.74, 6) is 0. The van der Waals surface area contributed by atoms with Crippen LogP contribution in [0.2, 0.25) is 0 Å². The van der Waals surface area contributed by atoms with Crippen LogP contribution in [0.5, 0.6) is 0 Å². The second kappa shape index (κ2) is 5.84. The molecule has 0 saturated carbocycles. The average molecular weight is 158 g/mol. The van der Waals surface area contributed by atoms with Gasteiger partial charge in [-0.25, -0.2) is 0 Å². The molecule has 60 valence electrons. The lowest BCUT2D eigenvalue weighted by molar-refractivity contribution is 0.714. The number of unbranched alkanes of at least 4 members (excludes halogenated alkanes) is 1. The van der Waals surface area contributed by atoms with Gasteiger partial charge in [-0.2, -0.15) is 0 Å². The molecule has 0 aliphatic heterocycles. The Kier molecular flexibility index (Phi) is 5.90. The molecular weight excluding hydrogens is 140 g/mol. The fourth-order valence-corrected chi connectivity index (χ4v) is 1.87. The average Bonchev–Trinajstić information content (AvgIpc) is 1.82. The SMILES string of the molecule is C=C(C)SC(C)CCCC. The first-order chi connectivity index (χ1) is 4.66. The topological polar surface area (TPSA) is 0 Å². The third kappa shape index (κ3) is 6.21. The molecule has 0 radical (unpaired) electrons. The second-order valence-electron chi connectivity index (χ2n) is 2.77. The Labute approximate surface area is 69.1 Å². The van der Waals surface area contributed by atoms with Gasteiger partial charge in [0.2, 0.25) is 0 Å². The van der Waals surface area contributed by atoms with Crippen LogP contribution in [0, 0.1) is 0 Å². The summed E-state index contributed by atoms with van der Waals surface area (Å²) in [5, 5.41) is 0.762. The van der Waals surface area contributed by atoms with Crippen LogP contribution in [0.3, 0.4) is 0 Å².